The highest BCUT2D eigenvalue weighted by Gasteiger charge is 2.12. The molecule has 92 valence electrons. The Morgan fingerprint density at radius 3 is 2.94 bits per heavy atom. The minimum atomic E-state index is 0.647. The number of furan rings is 1. The molecule has 6 heteroatoms. The summed E-state index contributed by atoms with van der Waals surface area (Å²) in [6.07, 6.45) is 1.70. The average molecular weight is 277 g/mol. The molecule has 18 heavy (non-hydrogen) atoms. The van der Waals surface area contributed by atoms with Crippen molar-refractivity contribution in [3.8, 4) is 0 Å². The van der Waals surface area contributed by atoms with E-state index in [1.807, 2.05) is 25.4 Å². The SMILES string of the molecule is CNc1nc(Sc2ccoc2C)c2ccsc2n1. The van der Waals surface area contributed by atoms with Crippen molar-refractivity contribution in [2.24, 2.45) is 0 Å². The molecule has 3 aromatic rings. The predicted octanol–water partition coefficient (Wildman–Crippen LogP) is 3.79. The fraction of sp³-hybridized carbons (Fsp3) is 0.167. The van der Waals surface area contributed by atoms with E-state index < -0.39 is 0 Å². The zero-order valence-corrected chi connectivity index (χ0v) is 11.6. The second kappa shape index (κ2) is 4.62. The molecule has 0 aliphatic rings. The molecule has 0 amide bonds. The van der Waals surface area contributed by atoms with Crippen molar-refractivity contribution >= 4 is 39.3 Å². The number of hydrogen-bond acceptors (Lipinski definition) is 6. The Morgan fingerprint density at radius 1 is 1.33 bits per heavy atom. The number of nitrogens with zero attached hydrogens (tertiary/aromatic N) is 2. The summed E-state index contributed by atoms with van der Waals surface area (Å²) in [6, 6.07) is 4.01. The zero-order chi connectivity index (χ0) is 12.5. The van der Waals surface area contributed by atoms with Gasteiger partial charge in [0.25, 0.3) is 0 Å². The van der Waals surface area contributed by atoms with Gasteiger partial charge in [-0.1, -0.05) is 11.8 Å². The number of thiophene rings is 1. The van der Waals surface area contributed by atoms with E-state index in [1.54, 1.807) is 29.4 Å². The molecule has 0 radical (unpaired) electrons. The van der Waals surface area contributed by atoms with Gasteiger partial charge < -0.3 is 9.73 Å². The van der Waals surface area contributed by atoms with Crippen LogP contribution in [-0.2, 0) is 0 Å². The summed E-state index contributed by atoms with van der Waals surface area (Å²) >= 11 is 3.23. The third-order valence-corrected chi connectivity index (χ3v) is 4.49. The second-order valence-electron chi connectivity index (χ2n) is 3.68. The van der Waals surface area contributed by atoms with E-state index in [9.17, 15) is 0 Å². The molecule has 0 aliphatic heterocycles. The van der Waals surface area contributed by atoms with Crippen molar-refractivity contribution in [2.75, 3.05) is 12.4 Å². The molecule has 0 atom stereocenters. The van der Waals surface area contributed by atoms with E-state index in [1.165, 1.54) is 0 Å². The standard InChI is InChI=1S/C12H11N3OS2/c1-7-9(3-5-16-7)18-11-8-4-6-17-10(8)14-12(13-2)15-11/h3-6H,1-2H3,(H,13,14,15). The van der Waals surface area contributed by atoms with E-state index in [4.69, 9.17) is 4.42 Å². The first-order valence-electron chi connectivity index (χ1n) is 5.43. The molecule has 0 fully saturated rings. The van der Waals surface area contributed by atoms with Crippen molar-refractivity contribution in [1.82, 2.24) is 9.97 Å². The lowest BCUT2D eigenvalue weighted by Crippen LogP contribution is -1.96. The molecule has 4 nitrogen and oxygen atoms in total. The van der Waals surface area contributed by atoms with Gasteiger partial charge in [-0.25, -0.2) is 9.97 Å². The van der Waals surface area contributed by atoms with Crippen LogP contribution in [0.5, 0.6) is 0 Å². The Bertz CT molecular complexity index is 690. The molecular formula is C12H11N3OS2. The Balaban J connectivity index is 2.10. The van der Waals surface area contributed by atoms with Crippen molar-refractivity contribution in [2.45, 2.75) is 16.8 Å². The molecule has 0 aliphatic carbocycles. The number of aryl methyl sites for hydroxylation is 1. The Kier molecular flexibility index (Phi) is 2.97. The minimum Gasteiger partial charge on any atom is -0.468 e. The highest BCUT2D eigenvalue weighted by atomic mass is 32.2. The molecule has 0 unspecified atom stereocenters. The second-order valence-corrected chi connectivity index (χ2v) is 5.61. The summed E-state index contributed by atoms with van der Waals surface area (Å²) in [4.78, 5) is 11.0. The number of anilines is 1. The van der Waals surface area contributed by atoms with Gasteiger partial charge in [-0.3, -0.25) is 0 Å². The van der Waals surface area contributed by atoms with Gasteiger partial charge in [0.05, 0.1) is 11.2 Å². The van der Waals surface area contributed by atoms with Crippen molar-refractivity contribution in [3.63, 3.8) is 0 Å². The number of fused-ring (bicyclic) bond motifs is 1. The van der Waals surface area contributed by atoms with Crippen molar-refractivity contribution in [1.29, 1.82) is 0 Å². The Hall–Kier alpha value is -1.53. The molecule has 0 aromatic carbocycles. The summed E-state index contributed by atoms with van der Waals surface area (Å²) in [7, 11) is 1.83. The third kappa shape index (κ3) is 1.97. The maximum Gasteiger partial charge on any atom is 0.224 e. The van der Waals surface area contributed by atoms with Crippen LogP contribution in [0.25, 0.3) is 10.2 Å². The van der Waals surface area contributed by atoms with Gasteiger partial charge in [0.1, 0.15) is 15.6 Å². The highest BCUT2D eigenvalue weighted by Crippen LogP contribution is 2.35. The van der Waals surface area contributed by atoms with Gasteiger partial charge in [-0.05, 0) is 24.4 Å². The van der Waals surface area contributed by atoms with Gasteiger partial charge in [0.15, 0.2) is 0 Å². The van der Waals surface area contributed by atoms with E-state index in [2.05, 4.69) is 21.4 Å². The molecule has 3 aromatic heterocycles. The number of hydrogen-bond donors (Lipinski definition) is 1. The fourth-order valence-electron chi connectivity index (χ4n) is 1.60. The highest BCUT2D eigenvalue weighted by molar-refractivity contribution is 7.99. The van der Waals surface area contributed by atoms with Crippen LogP contribution in [0.2, 0.25) is 0 Å². The van der Waals surface area contributed by atoms with Crippen molar-refractivity contribution < 1.29 is 4.42 Å². The first kappa shape index (κ1) is 11.6. The Labute approximate surface area is 112 Å². The number of aromatic nitrogens is 2. The summed E-state index contributed by atoms with van der Waals surface area (Å²) in [5, 5.41) is 7.07. The minimum absolute atomic E-state index is 0.647. The number of nitrogens with one attached hydrogen (secondary N) is 1. The van der Waals surface area contributed by atoms with Crippen LogP contribution in [0.3, 0.4) is 0 Å². The third-order valence-electron chi connectivity index (χ3n) is 2.53. The van der Waals surface area contributed by atoms with Crippen LogP contribution in [-0.4, -0.2) is 17.0 Å². The first-order valence-corrected chi connectivity index (χ1v) is 7.12. The molecule has 0 saturated carbocycles. The summed E-state index contributed by atoms with van der Waals surface area (Å²) in [5.74, 6) is 1.56. The van der Waals surface area contributed by atoms with Crippen LogP contribution in [0, 0.1) is 6.92 Å². The quantitative estimate of drug-likeness (QED) is 0.738. The van der Waals surface area contributed by atoms with Gasteiger partial charge >= 0.3 is 0 Å². The van der Waals surface area contributed by atoms with Gasteiger partial charge in [-0.2, -0.15) is 0 Å². The van der Waals surface area contributed by atoms with E-state index in [0.29, 0.717) is 5.95 Å². The lowest BCUT2D eigenvalue weighted by atomic mass is 10.4. The predicted molar refractivity (Wildman–Crippen MR) is 74.5 cm³/mol. The first-order chi connectivity index (χ1) is 8.78. The lowest BCUT2D eigenvalue weighted by Gasteiger charge is -2.04. The molecule has 1 N–H and O–H groups in total. The molecule has 3 heterocycles. The summed E-state index contributed by atoms with van der Waals surface area (Å²) in [5.41, 5.74) is 0. The summed E-state index contributed by atoms with van der Waals surface area (Å²) < 4.78 is 5.31. The van der Waals surface area contributed by atoms with E-state index >= 15 is 0 Å². The molecule has 0 bridgehead atoms. The maximum absolute atomic E-state index is 5.31. The molecule has 0 saturated heterocycles. The molecular weight excluding hydrogens is 266 g/mol. The van der Waals surface area contributed by atoms with E-state index in [-0.39, 0.29) is 0 Å². The molecule has 0 spiro atoms. The monoisotopic (exact) mass is 277 g/mol. The maximum atomic E-state index is 5.31. The largest absolute Gasteiger partial charge is 0.468 e. The normalized spacial score (nSPS) is 11.0. The number of rotatable bonds is 3. The zero-order valence-electron chi connectivity index (χ0n) is 9.93. The van der Waals surface area contributed by atoms with Crippen LogP contribution in [0.1, 0.15) is 5.76 Å². The van der Waals surface area contributed by atoms with Crippen molar-refractivity contribution in [3.05, 3.63) is 29.5 Å². The van der Waals surface area contributed by atoms with Gasteiger partial charge in [-0.15, -0.1) is 11.3 Å². The molecule has 3 rings (SSSR count). The van der Waals surface area contributed by atoms with Gasteiger partial charge in [0.2, 0.25) is 5.95 Å². The van der Waals surface area contributed by atoms with Crippen LogP contribution in [0.15, 0.2) is 38.1 Å². The topological polar surface area (TPSA) is 51.0 Å². The van der Waals surface area contributed by atoms with Crippen LogP contribution < -0.4 is 5.32 Å². The van der Waals surface area contributed by atoms with E-state index in [0.717, 1.165) is 25.9 Å². The Morgan fingerprint density at radius 2 is 2.22 bits per heavy atom. The van der Waals surface area contributed by atoms with Gasteiger partial charge in [0, 0.05) is 12.4 Å². The average Bonchev–Trinajstić information content (AvgIpc) is 2.98. The lowest BCUT2D eigenvalue weighted by molar-refractivity contribution is 0.527. The smallest absolute Gasteiger partial charge is 0.224 e. The summed E-state index contributed by atoms with van der Waals surface area (Å²) in [6.45, 7) is 1.95. The van der Waals surface area contributed by atoms with Crippen LogP contribution in [0.4, 0.5) is 5.95 Å². The van der Waals surface area contributed by atoms with Crippen LogP contribution >= 0.6 is 23.1 Å². The fourth-order valence-corrected chi connectivity index (χ4v) is 3.36.